The average Bonchev–Trinajstić information content (AvgIpc) is 2.75. The monoisotopic (exact) mass is 444 g/mol. The predicted octanol–water partition coefficient (Wildman–Crippen LogP) is 3.16. The number of carbonyl (C=O) groups is 2. The molecule has 2 aromatic rings. The van der Waals surface area contributed by atoms with Crippen LogP contribution in [0.15, 0.2) is 30.3 Å². The molecule has 8 heteroatoms. The fourth-order valence-electron chi connectivity index (χ4n) is 4.36. The second-order valence-corrected chi connectivity index (χ2v) is 7.87. The van der Waals surface area contributed by atoms with Crippen molar-refractivity contribution >= 4 is 11.9 Å². The van der Waals surface area contributed by atoms with Crippen LogP contribution in [0.5, 0.6) is 23.0 Å². The number of hydrogen-bond donors (Lipinski definition) is 2. The summed E-state index contributed by atoms with van der Waals surface area (Å²) in [5.74, 6) is -0.924. The van der Waals surface area contributed by atoms with Crippen molar-refractivity contribution in [2.45, 2.75) is 26.2 Å². The van der Waals surface area contributed by atoms with E-state index in [4.69, 9.17) is 18.9 Å². The molecule has 0 saturated heterocycles. The van der Waals surface area contributed by atoms with Gasteiger partial charge in [0.05, 0.1) is 27.4 Å². The lowest BCUT2D eigenvalue weighted by molar-refractivity contribution is -0.147. The molecule has 3 rings (SSSR count). The summed E-state index contributed by atoms with van der Waals surface area (Å²) in [5.41, 5.74) is 2.57. The Labute approximate surface area is 186 Å². The summed E-state index contributed by atoms with van der Waals surface area (Å²) >= 11 is 0. The van der Waals surface area contributed by atoms with E-state index in [0.717, 1.165) is 16.7 Å². The molecule has 0 unspecified atom stereocenters. The van der Waals surface area contributed by atoms with Crippen molar-refractivity contribution in [2.75, 3.05) is 27.4 Å². The number of methoxy groups -OCH3 is 2. The van der Waals surface area contributed by atoms with E-state index in [1.165, 1.54) is 34.1 Å². The van der Waals surface area contributed by atoms with Crippen LogP contribution in [0.1, 0.15) is 36.5 Å². The van der Waals surface area contributed by atoms with Gasteiger partial charge in [0, 0.05) is 31.6 Å². The van der Waals surface area contributed by atoms with Gasteiger partial charge in [-0.3, -0.25) is 9.59 Å². The van der Waals surface area contributed by atoms with Crippen LogP contribution in [-0.4, -0.2) is 49.6 Å². The van der Waals surface area contributed by atoms with E-state index in [1.54, 1.807) is 24.3 Å². The van der Waals surface area contributed by atoms with Gasteiger partial charge in [-0.2, -0.15) is 0 Å². The number of carbonyl (C=O) groups excluding carboxylic acids is 2. The molecule has 172 valence electrons. The van der Waals surface area contributed by atoms with E-state index in [-0.39, 0.29) is 42.5 Å². The molecule has 0 bridgehead atoms. The van der Waals surface area contributed by atoms with Gasteiger partial charge in [-0.15, -0.1) is 0 Å². The van der Waals surface area contributed by atoms with Crippen LogP contribution >= 0.6 is 0 Å². The number of esters is 2. The zero-order chi connectivity index (χ0) is 23.4. The molecule has 0 radical (unpaired) electrons. The third-order valence-corrected chi connectivity index (χ3v) is 5.83. The molecule has 0 spiro atoms. The lowest BCUT2D eigenvalue weighted by atomic mass is 9.66. The highest BCUT2D eigenvalue weighted by atomic mass is 16.5. The van der Waals surface area contributed by atoms with Crippen LogP contribution in [-0.2, 0) is 25.5 Å². The van der Waals surface area contributed by atoms with Crippen molar-refractivity contribution in [1.29, 1.82) is 0 Å². The molecule has 0 fully saturated rings. The van der Waals surface area contributed by atoms with E-state index in [9.17, 15) is 19.8 Å². The first-order valence-electron chi connectivity index (χ1n) is 10.3. The van der Waals surface area contributed by atoms with Gasteiger partial charge >= 0.3 is 11.9 Å². The Bertz CT molecular complexity index is 1000. The highest BCUT2D eigenvalue weighted by Gasteiger charge is 2.40. The number of ether oxygens (including phenoxy) is 4. The normalized spacial score (nSPS) is 19.6. The number of aromatic hydroxyl groups is 2. The molecule has 0 aromatic heterocycles. The zero-order valence-electron chi connectivity index (χ0n) is 18.6. The van der Waals surface area contributed by atoms with Crippen molar-refractivity contribution in [3.05, 3.63) is 47.0 Å². The lowest BCUT2D eigenvalue weighted by Crippen LogP contribution is -2.37. The number of phenolic OH excluding ortho intramolecular Hbond substituents is 2. The van der Waals surface area contributed by atoms with Crippen molar-refractivity contribution < 1.29 is 38.7 Å². The molecule has 0 heterocycles. The summed E-state index contributed by atoms with van der Waals surface area (Å²) < 4.78 is 21.3. The quantitative estimate of drug-likeness (QED) is 0.627. The molecule has 0 amide bonds. The Balaban J connectivity index is 2.17. The molecular formula is C24H28O8. The third-order valence-electron chi connectivity index (χ3n) is 5.83. The lowest BCUT2D eigenvalue weighted by Gasteiger charge is -2.39. The van der Waals surface area contributed by atoms with Crippen LogP contribution in [0, 0.1) is 11.8 Å². The topological polar surface area (TPSA) is 112 Å². The van der Waals surface area contributed by atoms with Gasteiger partial charge in [0.2, 0.25) is 0 Å². The Morgan fingerprint density at radius 2 is 1.53 bits per heavy atom. The van der Waals surface area contributed by atoms with Crippen LogP contribution in [0.4, 0.5) is 0 Å². The van der Waals surface area contributed by atoms with E-state index >= 15 is 0 Å². The molecule has 2 N–H and O–H groups in total. The maximum absolute atomic E-state index is 11.6. The van der Waals surface area contributed by atoms with Crippen molar-refractivity contribution in [1.82, 2.24) is 0 Å². The number of phenols is 2. The summed E-state index contributed by atoms with van der Waals surface area (Å²) in [6.07, 6.45) is 0.539. The predicted molar refractivity (Wildman–Crippen MR) is 115 cm³/mol. The maximum Gasteiger partial charge on any atom is 0.302 e. The van der Waals surface area contributed by atoms with Crippen LogP contribution in [0.3, 0.4) is 0 Å². The molecule has 32 heavy (non-hydrogen) atoms. The van der Waals surface area contributed by atoms with Crippen molar-refractivity contribution in [3.63, 3.8) is 0 Å². The summed E-state index contributed by atoms with van der Waals surface area (Å²) in [4.78, 5) is 23.1. The molecular weight excluding hydrogens is 416 g/mol. The van der Waals surface area contributed by atoms with Crippen LogP contribution in [0.25, 0.3) is 0 Å². The van der Waals surface area contributed by atoms with Gasteiger partial charge in [-0.05, 0) is 47.4 Å². The standard InChI is InChI=1S/C24H28O8/c1-13(25)31-11-17-7-16-9-23(30-4)21(28)10-18(16)24(19(17)12-32-14(2)26)15-5-6-20(27)22(8-15)29-3/h5-6,8-10,17,19,24,27-28H,7,11-12H2,1-4H3/t17-,19-,24-/m0/s1. The average molecular weight is 444 g/mol. The summed E-state index contributed by atoms with van der Waals surface area (Å²) in [5, 5.41) is 20.6. The number of rotatable bonds is 7. The molecule has 2 aromatic carbocycles. The van der Waals surface area contributed by atoms with Gasteiger partial charge in [0.1, 0.15) is 0 Å². The molecule has 0 saturated carbocycles. The summed E-state index contributed by atoms with van der Waals surface area (Å²) in [7, 11) is 2.94. The number of benzene rings is 2. The van der Waals surface area contributed by atoms with E-state index < -0.39 is 11.9 Å². The minimum Gasteiger partial charge on any atom is -0.504 e. The van der Waals surface area contributed by atoms with Gasteiger partial charge in [0.25, 0.3) is 0 Å². The first kappa shape index (κ1) is 23.2. The summed E-state index contributed by atoms with van der Waals surface area (Å²) in [6, 6.07) is 8.46. The largest absolute Gasteiger partial charge is 0.504 e. The minimum absolute atomic E-state index is 0.00198. The van der Waals surface area contributed by atoms with E-state index in [2.05, 4.69) is 0 Å². The molecule has 3 atom stereocenters. The minimum atomic E-state index is -0.415. The van der Waals surface area contributed by atoms with E-state index in [0.29, 0.717) is 17.9 Å². The van der Waals surface area contributed by atoms with Crippen molar-refractivity contribution in [2.24, 2.45) is 11.8 Å². The Morgan fingerprint density at radius 1 is 0.906 bits per heavy atom. The zero-order valence-corrected chi connectivity index (χ0v) is 18.6. The molecule has 1 aliphatic rings. The van der Waals surface area contributed by atoms with Gasteiger partial charge in [0.15, 0.2) is 23.0 Å². The fourth-order valence-corrected chi connectivity index (χ4v) is 4.36. The maximum atomic E-state index is 11.6. The first-order chi connectivity index (χ1) is 15.2. The highest BCUT2D eigenvalue weighted by molar-refractivity contribution is 5.66. The first-order valence-corrected chi connectivity index (χ1v) is 10.3. The third kappa shape index (κ3) is 4.90. The van der Waals surface area contributed by atoms with Gasteiger partial charge in [-0.25, -0.2) is 0 Å². The Morgan fingerprint density at radius 3 is 2.16 bits per heavy atom. The number of hydrogen-bond acceptors (Lipinski definition) is 8. The van der Waals surface area contributed by atoms with Gasteiger partial charge < -0.3 is 29.2 Å². The number of fused-ring (bicyclic) bond motifs is 1. The van der Waals surface area contributed by atoms with E-state index in [1.807, 2.05) is 0 Å². The molecule has 1 aliphatic carbocycles. The molecule has 0 aliphatic heterocycles. The van der Waals surface area contributed by atoms with Crippen LogP contribution in [0.2, 0.25) is 0 Å². The second-order valence-electron chi connectivity index (χ2n) is 7.87. The second kappa shape index (κ2) is 9.80. The van der Waals surface area contributed by atoms with Crippen LogP contribution < -0.4 is 9.47 Å². The Hall–Kier alpha value is -3.42. The van der Waals surface area contributed by atoms with Crippen molar-refractivity contribution in [3.8, 4) is 23.0 Å². The smallest absolute Gasteiger partial charge is 0.302 e. The SMILES string of the molecule is COc1cc([C@H]2c3cc(O)c(OC)cc3C[C@@H](COC(C)=O)[C@@H]2COC(C)=O)ccc1O. The fraction of sp³-hybridized carbons (Fsp3) is 0.417. The highest BCUT2D eigenvalue weighted by Crippen LogP contribution is 2.48. The molecule has 8 nitrogen and oxygen atoms in total. The summed E-state index contributed by atoms with van der Waals surface area (Å²) in [6.45, 7) is 2.94. The van der Waals surface area contributed by atoms with Gasteiger partial charge in [-0.1, -0.05) is 6.07 Å². The Kier molecular flexibility index (Phi) is 7.12.